The predicted octanol–water partition coefficient (Wildman–Crippen LogP) is 12.4. The van der Waals surface area contributed by atoms with Crippen molar-refractivity contribution >= 4 is 43.5 Å². The van der Waals surface area contributed by atoms with E-state index < -0.39 is 0 Å². The Bertz CT molecular complexity index is 2900. The van der Waals surface area contributed by atoms with Gasteiger partial charge in [-0.2, -0.15) is 0 Å². The van der Waals surface area contributed by atoms with E-state index in [2.05, 4.69) is 127 Å². The van der Waals surface area contributed by atoms with Crippen LogP contribution in [-0.4, -0.2) is 15.0 Å². The van der Waals surface area contributed by atoms with Gasteiger partial charge in [0.2, 0.25) is 0 Å². The standard InChI is InChI=1S/C47H29N3O/c1-4-11-30(12-5-1)34-23-25-38-36(27-34)21-19-32-20-22-37(28-41(32)38)46-48-45(33-15-8-3-9-16-33)49-47(50-46)40-17-10-18-42-44(40)39-26-24-35(29-43(39)51-42)31-13-6-2-7-14-31/h1-29H. The number of furan rings is 1. The van der Waals surface area contributed by atoms with E-state index in [1.165, 1.54) is 27.3 Å². The zero-order valence-electron chi connectivity index (χ0n) is 27.5. The molecule has 4 nitrogen and oxygen atoms in total. The van der Waals surface area contributed by atoms with Crippen molar-refractivity contribution in [1.82, 2.24) is 15.0 Å². The molecule has 0 atom stereocenters. The molecule has 0 spiro atoms. The molecule has 2 heterocycles. The minimum atomic E-state index is 0.602. The lowest BCUT2D eigenvalue weighted by Crippen LogP contribution is -2.00. The molecular formula is C47H29N3O. The summed E-state index contributed by atoms with van der Waals surface area (Å²) in [6, 6.07) is 61.1. The van der Waals surface area contributed by atoms with Crippen molar-refractivity contribution in [3.05, 3.63) is 176 Å². The Morgan fingerprint density at radius 2 is 0.882 bits per heavy atom. The van der Waals surface area contributed by atoms with Crippen molar-refractivity contribution in [2.45, 2.75) is 0 Å². The Morgan fingerprint density at radius 1 is 0.314 bits per heavy atom. The van der Waals surface area contributed by atoms with Gasteiger partial charge in [-0.15, -0.1) is 0 Å². The molecule has 8 aromatic carbocycles. The first-order chi connectivity index (χ1) is 25.2. The first kappa shape index (κ1) is 29.0. The summed E-state index contributed by atoms with van der Waals surface area (Å²) in [5, 5.41) is 6.72. The van der Waals surface area contributed by atoms with Crippen LogP contribution in [0.1, 0.15) is 0 Å². The van der Waals surface area contributed by atoms with Gasteiger partial charge in [-0.25, -0.2) is 15.0 Å². The minimum absolute atomic E-state index is 0.602. The number of hydrogen-bond acceptors (Lipinski definition) is 4. The fraction of sp³-hybridized carbons (Fsp3) is 0. The Labute approximate surface area is 294 Å². The third-order valence-corrected chi connectivity index (χ3v) is 9.72. The van der Waals surface area contributed by atoms with Gasteiger partial charge in [-0.05, 0) is 74.1 Å². The van der Waals surface area contributed by atoms with E-state index in [0.717, 1.165) is 55.1 Å². The SMILES string of the molecule is c1ccc(-c2ccc3c(ccc4ccc(-c5nc(-c6ccccc6)nc(-c6cccc7oc8cc(-c9ccccc9)ccc8c67)n5)cc43)c2)cc1. The summed E-state index contributed by atoms with van der Waals surface area (Å²) >= 11 is 0. The molecule has 2 aromatic heterocycles. The second-order valence-electron chi connectivity index (χ2n) is 12.8. The summed E-state index contributed by atoms with van der Waals surface area (Å²) in [5.41, 5.74) is 9.04. The van der Waals surface area contributed by atoms with Crippen LogP contribution in [0.25, 0.3) is 99.9 Å². The van der Waals surface area contributed by atoms with Crippen LogP contribution < -0.4 is 0 Å². The lowest BCUT2D eigenvalue weighted by molar-refractivity contribution is 0.669. The lowest BCUT2D eigenvalue weighted by Gasteiger charge is -2.11. The molecule has 0 aliphatic rings. The van der Waals surface area contributed by atoms with Crippen LogP contribution in [0.2, 0.25) is 0 Å². The molecule has 0 aliphatic heterocycles. The van der Waals surface area contributed by atoms with Crippen molar-refractivity contribution in [2.75, 3.05) is 0 Å². The fourth-order valence-electron chi connectivity index (χ4n) is 7.17. The molecule has 0 N–H and O–H groups in total. The molecule has 10 aromatic rings. The van der Waals surface area contributed by atoms with E-state index in [9.17, 15) is 0 Å². The number of benzene rings is 8. The molecule has 0 radical (unpaired) electrons. The number of nitrogens with zero attached hydrogens (tertiary/aromatic N) is 3. The van der Waals surface area contributed by atoms with Crippen LogP contribution in [0, 0.1) is 0 Å². The number of fused-ring (bicyclic) bond motifs is 6. The molecule has 238 valence electrons. The Morgan fingerprint density at radius 3 is 1.61 bits per heavy atom. The van der Waals surface area contributed by atoms with E-state index in [-0.39, 0.29) is 0 Å². The van der Waals surface area contributed by atoms with Crippen LogP contribution in [0.15, 0.2) is 180 Å². The van der Waals surface area contributed by atoms with Crippen molar-refractivity contribution in [2.24, 2.45) is 0 Å². The molecule has 0 fully saturated rings. The summed E-state index contributed by atoms with van der Waals surface area (Å²) in [5.74, 6) is 1.84. The van der Waals surface area contributed by atoms with Crippen molar-refractivity contribution in [1.29, 1.82) is 0 Å². The first-order valence-corrected chi connectivity index (χ1v) is 17.1. The molecule has 0 bridgehead atoms. The van der Waals surface area contributed by atoms with Crippen LogP contribution >= 0.6 is 0 Å². The number of aromatic nitrogens is 3. The summed E-state index contributed by atoms with van der Waals surface area (Å²) < 4.78 is 6.46. The summed E-state index contributed by atoms with van der Waals surface area (Å²) in [6.07, 6.45) is 0. The highest BCUT2D eigenvalue weighted by atomic mass is 16.3. The van der Waals surface area contributed by atoms with E-state index >= 15 is 0 Å². The maximum atomic E-state index is 6.46. The quantitative estimate of drug-likeness (QED) is 0.174. The fourth-order valence-corrected chi connectivity index (χ4v) is 7.17. The van der Waals surface area contributed by atoms with Gasteiger partial charge in [0, 0.05) is 27.5 Å². The molecule has 0 amide bonds. The van der Waals surface area contributed by atoms with Gasteiger partial charge in [-0.1, -0.05) is 146 Å². The topological polar surface area (TPSA) is 51.8 Å². The summed E-state index contributed by atoms with van der Waals surface area (Å²) in [6.45, 7) is 0. The van der Waals surface area contributed by atoms with Gasteiger partial charge in [0.05, 0.1) is 0 Å². The molecule has 0 unspecified atom stereocenters. The second kappa shape index (κ2) is 11.9. The average molecular weight is 652 g/mol. The molecule has 4 heteroatoms. The highest BCUT2D eigenvalue weighted by Gasteiger charge is 2.18. The van der Waals surface area contributed by atoms with Crippen LogP contribution in [0.4, 0.5) is 0 Å². The summed E-state index contributed by atoms with van der Waals surface area (Å²) in [7, 11) is 0. The maximum Gasteiger partial charge on any atom is 0.164 e. The third-order valence-electron chi connectivity index (χ3n) is 9.72. The first-order valence-electron chi connectivity index (χ1n) is 17.1. The van der Waals surface area contributed by atoms with Gasteiger partial charge in [0.25, 0.3) is 0 Å². The smallest absolute Gasteiger partial charge is 0.164 e. The number of hydrogen-bond donors (Lipinski definition) is 0. The van der Waals surface area contributed by atoms with Crippen LogP contribution in [0.5, 0.6) is 0 Å². The van der Waals surface area contributed by atoms with Crippen LogP contribution in [0.3, 0.4) is 0 Å². The highest BCUT2D eigenvalue weighted by molar-refractivity contribution is 6.13. The maximum absolute atomic E-state index is 6.46. The van der Waals surface area contributed by atoms with Crippen molar-refractivity contribution in [3.8, 4) is 56.4 Å². The van der Waals surface area contributed by atoms with E-state index in [0.29, 0.717) is 17.5 Å². The molecule has 0 aliphatic carbocycles. The van der Waals surface area contributed by atoms with Gasteiger partial charge < -0.3 is 4.42 Å². The van der Waals surface area contributed by atoms with Gasteiger partial charge in [0.15, 0.2) is 17.5 Å². The van der Waals surface area contributed by atoms with E-state index in [1.54, 1.807) is 0 Å². The van der Waals surface area contributed by atoms with Crippen molar-refractivity contribution < 1.29 is 4.42 Å². The van der Waals surface area contributed by atoms with Gasteiger partial charge in [-0.3, -0.25) is 0 Å². The van der Waals surface area contributed by atoms with Gasteiger partial charge >= 0.3 is 0 Å². The largest absolute Gasteiger partial charge is 0.456 e. The molecule has 51 heavy (non-hydrogen) atoms. The van der Waals surface area contributed by atoms with Crippen molar-refractivity contribution in [3.63, 3.8) is 0 Å². The zero-order chi connectivity index (χ0) is 33.7. The third kappa shape index (κ3) is 5.13. The minimum Gasteiger partial charge on any atom is -0.456 e. The molecule has 0 saturated heterocycles. The molecule has 0 saturated carbocycles. The highest BCUT2D eigenvalue weighted by Crippen LogP contribution is 2.39. The lowest BCUT2D eigenvalue weighted by atomic mass is 9.96. The Balaban J connectivity index is 1.15. The second-order valence-corrected chi connectivity index (χ2v) is 12.8. The van der Waals surface area contributed by atoms with E-state index in [4.69, 9.17) is 19.4 Å². The van der Waals surface area contributed by atoms with Crippen LogP contribution in [-0.2, 0) is 0 Å². The average Bonchev–Trinajstić information content (AvgIpc) is 3.59. The molecule has 10 rings (SSSR count). The normalized spacial score (nSPS) is 11.5. The predicted molar refractivity (Wildman–Crippen MR) is 209 cm³/mol. The monoisotopic (exact) mass is 651 g/mol. The zero-order valence-corrected chi connectivity index (χ0v) is 27.5. The summed E-state index contributed by atoms with van der Waals surface area (Å²) in [4.78, 5) is 15.3. The van der Waals surface area contributed by atoms with E-state index in [1.807, 2.05) is 48.5 Å². The Hall–Kier alpha value is -6.91. The molecular weight excluding hydrogens is 623 g/mol. The Kier molecular flexibility index (Phi) is 6.78. The number of rotatable bonds is 5. The van der Waals surface area contributed by atoms with Gasteiger partial charge in [0.1, 0.15) is 11.2 Å².